The molecule has 0 bridgehead atoms. The third kappa shape index (κ3) is 5.08. The molecule has 45 heavy (non-hydrogen) atoms. The smallest absolute Gasteiger partial charge is 0.271 e. The van der Waals surface area contributed by atoms with E-state index in [4.69, 9.17) is 9.73 Å². The second kappa shape index (κ2) is 12.3. The molecule has 232 valence electrons. The van der Waals surface area contributed by atoms with Gasteiger partial charge in [0, 0.05) is 34.9 Å². The van der Waals surface area contributed by atoms with E-state index in [0.29, 0.717) is 39.4 Å². The zero-order valence-electron chi connectivity index (χ0n) is 26.6. The van der Waals surface area contributed by atoms with Gasteiger partial charge in [0.15, 0.2) is 4.80 Å². The minimum atomic E-state index is -0.685. The molecule has 3 aromatic heterocycles. The fraction of sp³-hybridized carbons (Fsp3) is 0.371. The van der Waals surface area contributed by atoms with Gasteiger partial charge < -0.3 is 14.2 Å². The van der Waals surface area contributed by atoms with E-state index in [1.54, 1.807) is 27.9 Å². The second-order valence-corrected chi connectivity index (χ2v) is 13.6. The van der Waals surface area contributed by atoms with Crippen molar-refractivity contribution in [3.8, 4) is 16.8 Å². The van der Waals surface area contributed by atoms with Crippen molar-refractivity contribution in [1.82, 2.24) is 14.0 Å². The van der Waals surface area contributed by atoms with Gasteiger partial charge in [-0.1, -0.05) is 29.5 Å². The van der Waals surface area contributed by atoms with Crippen LogP contribution in [0.4, 0.5) is 0 Å². The summed E-state index contributed by atoms with van der Waals surface area (Å²) >= 11 is 3.04. The Morgan fingerprint density at radius 3 is 2.60 bits per heavy atom. The number of thiophene rings is 1. The molecule has 0 unspecified atom stereocenters. The van der Waals surface area contributed by atoms with Crippen LogP contribution in [-0.4, -0.2) is 40.1 Å². The molecule has 4 aromatic rings. The van der Waals surface area contributed by atoms with Crippen molar-refractivity contribution < 1.29 is 9.53 Å². The van der Waals surface area contributed by atoms with Gasteiger partial charge in [-0.15, -0.1) is 11.3 Å². The Bertz CT molecular complexity index is 2080. The first-order valence-corrected chi connectivity index (χ1v) is 17.1. The van der Waals surface area contributed by atoms with Gasteiger partial charge in [-0.2, -0.15) is 5.26 Å². The van der Waals surface area contributed by atoms with Crippen LogP contribution in [0, 0.1) is 25.2 Å². The molecule has 6 rings (SSSR count). The molecule has 2 aliphatic rings. The number of para-hydroxylation sites is 1. The molecule has 8 nitrogen and oxygen atoms in total. The molecule has 4 heterocycles. The first-order valence-electron chi connectivity index (χ1n) is 15.4. The normalized spacial score (nSPS) is 16.2. The number of amides is 1. The Labute approximate surface area is 270 Å². The van der Waals surface area contributed by atoms with E-state index in [1.165, 1.54) is 21.8 Å². The molecule has 1 atom stereocenters. The highest BCUT2D eigenvalue weighted by atomic mass is 32.1. The van der Waals surface area contributed by atoms with E-state index in [1.807, 2.05) is 65.0 Å². The lowest BCUT2D eigenvalue weighted by molar-refractivity contribution is -0.127. The van der Waals surface area contributed by atoms with E-state index < -0.39 is 6.04 Å². The monoisotopic (exact) mass is 639 g/mol. The number of nitrogens with zero attached hydrogens (tertiary/aromatic N) is 5. The number of thiazole rings is 1. The van der Waals surface area contributed by atoms with Crippen molar-refractivity contribution in [2.24, 2.45) is 4.99 Å². The minimum absolute atomic E-state index is 0.137. The maximum absolute atomic E-state index is 14.3. The van der Waals surface area contributed by atoms with E-state index >= 15 is 0 Å². The lowest BCUT2D eigenvalue weighted by atomic mass is 9.94. The van der Waals surface area contributed by atoms with E-state index in [-0.39, 0.29) is 11.5 Å². The zero-order valence-corrected chi connectivity index (χ0v) is 28.2. The van der Waals surface area contributed by atoms with Crippen LogP contribution in [-0.2, 0) is 17.6 Å². The van der Waals surface area contributed by atoms with Gasteiger partial charge in [0.05, 0.1) is 28.5 Å². The summed E-state index contributed by atoms with van der Waals surface area (Å²) in [6.45, 7) is 10.9. The topological polar surface area (TPSA) is 92.6 Å². The highest BCUT2D eigenvalue weighted by molar-refractivity contribution is 7.15. The number of benzene rings is 1. The fourth-order valence-corrected chi connectivity index (χ4v) is 9.16. The van der Waals surface area contributed by atoms with Gasteiger partial charge in [-0.25, -0.2) is 4.99 Å². The summed E-state index contributed by atoms with van der Waals surface area (Å²) in [5, 5.41) is 11.1. The molecule has 0 N–H and O–H groups in total. The van der Waals surface area contributed by atoms with Crippen LogP contribution in [0.25, 0.3) is 11.1 Å². The van der Waals surface area contributed by atoms with E-state index in [9.17, 15) is 14.9 Å². The number of hydrogen-bond donors (Lipinski definition) is 0. The molecule has 0 saturated heterocycles. The van der Waals surface area contributed by atoms with Gasteiger partial charge in [-0.05, 0) is 89.6 Å². The van der Waals surface area contributed by atoms with Crippen LogP contribution in [0.5, 0.6) is 5.75 Å². The standard InChI is InChI=1S/C35H37N5O3S2/c1-7-38(8-2)33(42)30-21(4)37-35-40(31(30)25-14-9-11-15-27(25)43-6)32(41)29(45-35)18-23-17-20(3)39(22(23)5)34-26(19-36)24-13-10-12-16-28(24)44-34/h9,11,14-15,17-18,31H,7-8,10,12-13,16H2,1-6H3/b29-18+/t31-/m1/s1. The molecule has 1 amide bonds. The summed E-state index contributed by atoms with van der Waals surface area (Å²) in [4.78, 5) is 36.7. The number of nitriles is 1. The largest absolute Gasteiger partial charge is 0.496 e. The highest BCUT2D eigenvalue weighted by Gasteiger charge is 2.35. The Morgan fingerprint density at radius 1 is 1.16 bits per heavy atom. The van der Waals surface area contributed by atoms with Crippen LogP contribution in [0.3, 0.4) is 0 Å². The number of allylic oxidation sites excluding steroid dienone is 1. The lowest BCUT2D eigenvalue weighted by Gasteiger charge is -2.29. The van der Waals surface area contributed by atoms with Crippen LogP contribution in [0.15, 0.2) is 51.4 Å². The molecule has 0 saturated carbocycles. The van der Waals surface area contributed by atoms with Crippen molar-refractivity contribution in [2.45, 2.75) is 66.3 Å². The van der Waals surface area contributed by atoms with Gasteiger partial charge in [0.2, 0.25) is 0 Å². The van der Waals surface area contributed by atoms with E-state index in [0.717, 1.165) is 58.8 Å². The first-order chi connectivity index (χ1) is 21.7. The Kier molecular flexibility index (Phi) is 8.42. The van der Waals surface area contributed by atoms with Gasteiger partial charge in [0.1, 0.15) is 22.9 Å². The van der Waals surface area contributed by atoms with Crippen LogP contribution in [0.2, 0.25) is 0 Å². The summed E-state index contributed by atoms with van der Waals surface area (Å²) in [6.07, 6.45) is 6.17. The quantitative estimate of drug-likeness (QED) is 0.273. The van der Waals surface area contributed by atoms with Crippen molar-refractivity contribution in [3.05, 3.63) is 99.8 Å². The molecule has 0 radical (unpaired) electrons. The number of carbonyl (C=O) groups excluding carboxylic acids is 1. The zero-order chi connectivity index (χ0) is 32.0. The molecular formula is C35H37N5O3S2. The molecule has 0 spiro atoms. The third-order valence-electron chi connectivity index (χ3n) is 8.96. The minimum Gasteiger partial charge on any atom is -0.496 e. The SMILES string of the molecule is CCN(CC)C(=O)C1=C(C)N=c2s/c(=C/c3cc(C)n(-c4sc5c(c4C#N)CCCC5)c3C)c(=O)n2[C@@H]1c1ccccc1OC. The number of methoxy groups -OCH3 is 1. The summed E-state index contributed by atoms with van der Waals surface area (Å²) in [6, 6.07) is 11.4. The van der Waals surface area contributed by atoms with Crippen molar-refractivity contribution in [1.29, 1.82) is 5.26 Å². The Balaban J connectivity index is 1.53. The predicted molar refractivity (Wildman–Crippen MR) is 179 cm³/mol. The van der Waals surface area contributed by atoms with Gasteiger partial charge in [-0.3, -0.25) is 14.2 Å². The van der Waals surface area contributed by atoms with Crippen LogP contribution >= 0.6 is 22.7 Å². The number of fused-ring (bicyclic) bond motifs is 2. The highest BCUT2D eigenvalue weighted by Crippen LogP contribution is 2.39. The lowest BCUT2D eigenvalue weighted by Crippen LogP contribution is -2.43. The summed E-state index contributed by atoms with van der Waals surface area (Å²) < 4.78 is 10.1. The Morgan fingerprint density at radius 2 is 1.89 bits per heavy atom. The van der Waals surface area contributed by atoms with Crippen molar-refractivity contribution in [3.63, 3.8) is 0 Å². The predicted octanol–water partition coefficient (Wildman–Crippen LogP) is 5.33. The fourth-order valence-electron chi connectivity index (χ4n) is 6.67. The number of aryl methyl sites for hydroxylation is 2. The molecule has 1 aliphatic heterocycles. The summed E-state index contributed by atoms with van der Waals surface area (Å²) in [7, 11) is 1.60. The van der Waals surface area contributed by atoms with Gasteiger partial charge in [0.25, 0.3) is 11.5 Å². The maximum atomic E-state index is 14.3. The number of likely N-dealkylation sites (N-methyl/N-ethyl adjacent to an activating group) is 1. The molecular weight excluding hydrogens is 603 g/mol. The summed E-state index contributed by atoms with van der Waals surface area (Å²) in [5.41, 5.74) is 6.48. The van der Waals surface area contributed by atoms with Crippen molar-refractivity contribution >= 4 is 34.7 Å². The Hall–Kier alpha value is -4.20. The van der Waals surface area contributed by atoms with Crippen LogP contribution in [0.1, 0.15) is 78.2 Å². The number of rotatable bonds is 7. The van der Waals surface area contributed by atoms with E-state index in [2.05, 4.69) is 16.7 Å². The number of aromatic nitrogens is 2. The molecule has 0 fully saturated rings. The van der Waals surface area contributed by atoms with Gasteiger partial charge >= 0.3 is 0 Å². The average Bonchev–Trinajstić information content (AvgIpc) is 3.65. The summed E-state index contributed by atoms with van der Waals surface area (Å²) in [5.74, 6) is 0.467. The first kappa shape index (κ1) is 30.8. The molecule has 10 heteroatoms. The number of hydrogen-bond acceptors (Lipinski definition) is 7. The molecule has 1 aromatic carbocycles. The average molecular weight is 640 g/mol. The van der Waals surface area contributed by atoms with Crippen LogP contribution < -0.4 is 19.6 Å². The molecule has 1 aliphatic carbocycles. The third-order valence-corrected chi connectivity index (χ3v) is 11.2. The maximum Gasteiger partial charge on any atom is 0.271 e. The van der Waals surface area contributed by atoms with Crippen molar-refractivity contribution in [2.75, 3.05) is 20.2 Å². The number of carbonyl (C=O) groups is 1. The second-order valence-electron chi connectivity index (χ2n) is 11.5. The number of ether oxygens (including phenoxy) is 1.